The van der Waals surface area contributed by atoms with Crippen LogP contribution in [0.2, 0.25) is 0 Å². The molecule has 0 fully saturated rings. The molecule has 0 saturated heterocycles. The lowest BCUT2D eigenvalue weighted by atomic mass is 10.4. The third-order valence-corrected chi connectivity index (χ3v) is 1.05. The highest BCUT2D eigenvalue weighted by molar-refractivity contribution is 7.46. The molecule has 0 radical (unpaired) electrons. The smallest absolute Gasteiger partial charge is 0.479 e. The maximum Gasteiger partial charge on any atom is 0.527 e. The van der Waals surface area contributed by atoms with Gasteiger partial charge in [0.15, 0.2) is 0 Å². The largest absolute Gasteiger partial charge is 0.527 e. The van der Waals surface area contributed by atoms with Gasteiger partial charge in [-0.2, -0.15) is 0 Å². The summed E-state index contributed by atoms with van der Waals surface area (Å²) in [5, 5.41) is 7.82. The lowest BCUT2D eigenvalue weighted by molar-refractivity contribution is -0.154. The second-order valence-electron chi connectivity index (χ2n) is 1.60. The highest BCUT2D eigenvalue weighted by Crippen LogP contribution is 2.36. The average Bonchev–Trinajstić information content (AvgIpc) is 1.82. The van der Waals surface area contributed by atoms with Crippen molar-refractivity contribution in [1.82, 2.24) is 0 Å². The van der Waals surface area contributed by atoms with E-state index in [9.17, 15) is 18.5 Å². The molecule has 70 valence electrons. The van der Waals surface area contributed by atoms with Crippen molar-refractivity contribution in [2.24, 2.45) is 0 Å². The fraction of sp³-hybridized carbons (Fsp3) is 0.333. The van der Waals surface area contributed by atoms with Crippen LogP contribution in [0.3, 0.4) is 0 Å². The van der Waals surface area contributed by atoms with E-state index in [2.05, 4.69) is 4.52 Å². The van der Waals surface area contributed by atoms with Crippen LogP contribution in [-0.2, 0) is 18.7 Å². The molecule has 12 heavy (non-hydrogen) atoms. The molecule has 0 aliphatic heterocycles. The van der Waals surface area contributed by atoms with E-state index in [1.54, 1.807) is 0 Å². The van der Waals surface area contributed by atoms with Crippen LogP contribution < -0.4 is 0 Å². The van der Waals surface area contributed by atoms with Gasteiger partial charge in [0.1, 0.15) is 0 Å². The molecule has 0 aliphatic carbocycles. The Morgan fingerprint density at radius 1 is 1.42 bits per heavy atom. The molecule has 0 aromatic heterocycles. The molecule has 9 heteroatoms. The zero-order valence-corrected chi connectivity index (χ0v) is 6.27. The molecule has 0 aromatic rings. The molecule has 0 spiro atoms. The van der Waals surface area contributed by atoms with Crippen LogP contribution >= 0.6 is 7.82 Å². The Labute approximate surface area is 65.0 Å². The zero-order chi connectivity index (χ0) is 9.94. The van der Waals surface area contributed by atoms with Gasteiger partial charge in [-0.05, 0) is 0 Å². The van der Waals surface area contributed by atoms with Crippen molar-refractivity contribution in [2.75, 3.05) is 0 Å². The summed E-state index contributed by atoms with van der Waals surface area (Å²) < 4.78 is 25.0. The quantitative estimate of drug-likeness (QED) is 0.398. The van der Waals surface area contributed by atoms with Gasteiger partial charge in [-0.25, -0.2) is 18.5 Å². The molecule has 0 saturated carbocycles. The molecule has 3 N–H and O–H groups in total. The summed E-state index contributed by atoms with van der Waals surface area (Å²) in [5.74, 6) is -4.30. The van der Waals surface area contributed by atoms with E-state index in [1.165, 1.54) is 0 Å². The number of carbonyl (C=O) groups is 2. The van der Waals surface area contributed by atoms with E-state index in [4.69, 9.17) is 14.9 Å². The Kier molecular flexibility index (Phi) is 3.32. The molecule has 0 bridgehead atoms. The lowest BCUT2D eigenvalue weighted by Crippen LogP contribution is -2.26. The predicted molar refractivity (Wildman–Crippen MR) is 30.7 cm³/mol. The van der Waals surface area contributed by atoms with Crippen molar-refractivity contribution in [3.63, 3.8) is 0 Å². The van der Waals surface area contributed by atoms with Crippen molar-refractivity contribution in [3.8, 4) is 0 Å². The Morgan fingerprint density at radius 2 is 1.83 bits per heavy atom. The van der Waals surface area contributed by atoms with Gasteiger partial charge in [-0.1, -0.05) is 0 Å². The number of carboxylic acid groups (broad SMARTS) is 1. The monoisotopic (exact) mass is 202 g/mol. The number of hydrogen-bond donors (Lipinski definition) is 3. The van der Waals surface area contributed by atoms with Crippen LogP contribution in [0.4, 0.5) is 4.39 Å². The van der Waals surface area contributed by atoms with Crippen molar-refractivity contribution >= 4 is 19.8 Å². The van der Waals surface area contributed by atoms with Crippen LogP contribution in [0.15, 0.2) is 0 Å². The molecular formula is C3H4FO7P. The third kappa shape index (κ3) is 4.02. The first-order valence-corrected chi connectivity index (χ1v) is 3.93. The van der Waals surface area contributed by atoms with Crippen LogP contribution in [-0.4, -0.2) is 33.0 Å². The predicted octanol–water partition coefficient (Wildman–Crippen LogP) is -0.955. The number of carboxylic acids is 1. The first-order chi connectivity index (χ1) is 5.24. The maximum absolute atomic E-state index is 12.0. The molecule has 0 aromatic carbocycles. The van der Waals surface area contributed by atoms with E-state index >= 15 is 0 Å². The van der Waals surface area contributed by atoms with Gasteiger partial charge in [0.25, 0.3) is 6.17 Å². The molecule has 1 unspecified atom stereocenters. The summed E-state index contributed by atoms with van der Waals surface area (Å²) in [4.78, 5) is 35.7. The second-order valence-corrected chi connectivity index (χ2v) is 2.77. The van der Waals surface area contributed by atoms with E-state index in [-0.39, 0.29) is 0 Å². The number of aliphatic carboxylic acids is 1. The maximum atomic E-state index is 12.0. The van der Waals surface area contributed by atoms with E-state index in [0.717, 1.165) is 0 Å². The number of hydrogen-bond acceptors (Lipinski definition) is 4. The summed E-state index contributed by atoms with van der Waals surface area (Å²) in [6.45, 7) is 0. The van der Waals surface area contributed by atoms with Crippen LogP contribution in [0.25, 0.3) is 0 Å². The minimum absolute atomic E-state index is 2.13. The van der Waals surface area contributed by atoms with E-state index in [0.29, 0.717) is 0 Å². The summed E-state index contributed by atoms with van der Waals surface area (Å²) in [5.41, 5.74) is 0. The normalized spacial score (nSPS) is 13.6. The highest BCUT2D eigenvalue weighted by atomic mass is 31.2. The highest BCUT2D eigenvalue weighted by Gasteiger charge is 2.32. The van der Waals surface area contributed by atoms with Gasteiger partial charge in [-0.15, -0.1) is 0 Å². The molecule has 7 nitrogen and oxygen atoms in total. The van der Waals surface area contributed by atoms with Gasteiger partial charge in [0.2, 0.25) is 0 Å². The second kappa shape index (κ2) is 3.61. The minimum atomic E-state index is -5.17. The number of rotatable bonds is 3. The van der Waals surface area contributed by atoms with Crippen LogP contribution in [0, 0.1) is 0 Å². The van der Waals surface area contributed by atoms with E-state index < -0.39 is 25.9 Å². The standard InChI is InChI=1S/C3H4FO7P/c4-1(2(5)6)3(7)11-12(8,9)10/h1H,(H,5,6)(H2,8,9,10). The number of carbonyl (C=O) groups excluding carboxylic acids is 1. The van der Waals surface area contributed by atoms with Gasteiger partial charge in [-0.3, -0.25) is 9.79 Å². The summed E-state index contributed by atoms with van der Waals surface area (Å²) in [6, 6.07) is 0. The van der Waals surface area contributed by atoms with Crippen LogP contribution in [0.1, 0.15) is 0 Å². The fourth-order valence-electron chi connectivity index (χ4n) is 0.264. The molecule has 0 aliphatic rings. The Bertz CT molecular complexity index is 243. The number of halogens is 1. The molecule has 1 atom stereocenters. The first-order valence-electron chi connectivity index (χ1n) is 2.40. The van der Waals surface area contributed by atoms with Crippen molar-refractivity contribution in [2.45, 2.75) is 6.17 Å². The van der Waals surface area contributed by atoms with Crippen molar-refractivity contribution in [1.29, 1.82) is 0 Å². The van der Waals surface area contributed by atoms with Crippen molar-refractivity contribution in [3.05, 3.63) is 0 Å². The summed E-state index contributed by atoms with van der Waals surface area (Å²) in [6.07, 6.45) is -3.09. The Balaban J connectivity index is 4.24. The summed E-state index contributed by atoms with van der Waals surface area (Å²) in [7, 11) is -5.17. The molecule has 0 amide bonds. The van der Waals surface area contributed by atoms with E-state index in [1.807, 2.05) is 0 Å². The fourth-order valence-corrected chi connectivity index (χ4v) is 0.591. The Morgan fingerprint density at radius 3 is 2.08 bits per heavy atom. The minimum Gasteiger partial charge on any atom is -0.479 e. The SMILES string of the molecule is O=C(O)C(F)C(=O)OP(=O)(O)O. The number of phosphoric acid groups is 1. The van der Waals surface area contributed by atoms with Gasteiger partial charge in [0.05, 0.1) is 0 Å². The van der Waals surface area contributed by atoms with Gasteiger partial charge < -0.3 is 9.63 Å². The summed E-state index contributed by atoms with van der Waals surface area (Å²) >= 11 is 0. The molecular weight excluding hydrogens is 198 g/mol. The average molecular weight is 202 g/mol. The third-order valence-electron chi connectivity index (χ3n) is 0.633. The number of alkyl halides is 1. The van der Waals surface area contributed by atoms with Crippen molar-refractivity contribution < 1.29 is 38.0 Å². The number of phosphoric ester groups is 1. The van der Waals surface area contributed by atoms with Gasteiger partial charge in [0, 0.05) is 0 Å². The van der Waals surface area contributed by atoms with Crippen LogP contribution in [0.5, 0.6) is 0 Å². The van der Waals surface area contributed by atoms with Gasteiger partial charge >= 0.3 is 19.8 Å². The first kappa shape index (κ1) is 11.0. The molecule has 0 heterocycles. The lowest BCUT2D eigenvalue weighted by Gasteiger charge is -2.04. The topological polar surface area (TPSA) is 121 Å². The Hall–Kier alpha value is -0.980. The zero-order valence-electron chi connectivity index (χ0n) is 5.38. The molecule has 0 rings (SSSR count).